The van der Waals surface area contributed by atoms with Gasteiger partial charge in [0.25, 0.3) is 5.91 Å². The van der Waals surface area contributed by atoms with Gasteiger partial charge in [0.1, 0.15) is 0 Å². The molecule has 1 aliphatic rings. The number of hydrogen-bond donors (Lipinski definition) is 0. The van der Waals surface area contributed by atoms with E-state index >= 15 is 0 Å². The molecule has 1 heterocycles. The normalized spacial score (nSPS) is 14.0. The van der Waals surface area contributed by atoms with Crippen molar-refractivity contribution in [1.82, 2.24) is 0 Å². The predicted molar refractivity (Wildman–Crippen MR) is 85.3 cm³/mol. The van der Waals surface area contributed by atoms with Crippen LogP contribution in [0, 0.1) is 6.92 Å². The lowest BCUT2D eigenvalue weighted by molar-refractivity contribution is 0.0984. The van der Waals surface area contributed by atoms with Crippen LogP contribution >= 0.6 is 15.9 Å². The molecule has 102 valence electrons. The lowest BCUT2D eigenvalue weighted by Crippen LogP contribution is -2.36. The SMILES string of the molecule is Cc1cccc2c1N(C(=O)c1ccccc1Br)CCC2. The molecule has 3 rings (SSSR count). The second kappa shape index (κ2) is 5.41. The Balaban J connectivity index is 2.05. The Morgan fingerprint density at radius 2 is 1.95 bits per heavy atom. The Morgan fingerprint density at radius 1 is 1.15 bits per heavy atom. The van der Waals surface area contributed by atoms with Crippen LogP contribution in [-0.4, -0.2) is 12.5 Å². The zero-order chi connectivity index (χ0) is 14.1. The molecule has 0 saturated carbocycles. The standard InChI is InChI=1S/C17H16BrNO/c1-12-6-4-7-13-8-5-11-19(16(12)13)17(20)14-9-2-3-10-15(14)18/h2-4,6-7,9-10H,5,8,11H2,1H3. The molecule has 1 aliphatic heterocycles. The number of benzene rings is 2. The molecule has 0 fully saturated rings. The van der Waals surface area contributed by atoms with E-state index in [0.717, 1.165) is 35.1 Å². The number of anilines is 1. The Hall–Kier alpha value is -1.61. The summed E-state index contributed by atoms with van der Waals surface area (Å²) >= 11 is 3.47. The number of nitrogens with zero attached hydrogens (tertiary/aromatic N) is 1. The summed E-state index contributed by atoms with van der Waals surface area (Å²) in [5.41, 5.74) is 4.27. The lowest BCUT2D eigenvalue weighted by Gasteiger charge is -2.31. The minimum absolute atomic E-state index is 0.0766. The number of para-hydroxylation sites is 1. The van der Waals surface area contributed by atoms with Crippen molar-refractivity contribution in [2.24, 2.45) is 0 Å². The van der Waals surface area contributed by atoms with Gasteiger partial charge in [-0.05, 0) is 59.0 Å². The van der Waals surface area contributed by atoms with Crippen LogP contribution in [0.15, 0.2) is 46.9 Å². The largest absolute Gasteiger partial charge is 0.308 e. The molecular weight excluding hydrogens is 314 g/mol. The van der Waals surface area contributed by atoms with Crippen LogP contribution in [0.5, 0.6) is 0 Å². The molecule has 1 amide bonds. The second-order valence-electron chi connectivity index (χ2n) is 5.12. The van der Waals surface area contributed by atoms with Gasteiger partial charge in [0, 0.05) is 11.0 Å². The van der Waals surface area contributed by atoms with Gasteiger partial charge in [0.05, 0.1) is 11.3 Å². The highest BCUT2D eigenvalue weighted by Gasteiger charge is 2.25. The smallest absolute Gasteiger partial charge is 0.259 e. The van der Waals surface area contributed by atoms with E-state index in [2.05, 4.69) is 41.1 Å². The van der Waals surface area contributed by atoms with Gasteiger partial charge in [-0.2, -0.15) is 0 Å². The Bertz CT molecular complexity index is 666. The molecule has 3 heteroatoms. The Morgan fingerprint density at radius 3 is 2.75 bits per heavy atom. The van der Waals surface area contributed by atoms with Gasteiger partial charge in [-0.3, -0.25) is 4.79 Å². The highest BCUT2D eigenvalue weighted by molar-refractivity contribution is 9.10. The topological polar surface area (TPSA) is 20.3 Å². The van der Waals surface area contributed by atoms with Crippen molar-refractivity contribution < 1.29 is 4.79 Å². The quantitative estimate of drug-likeness (QED) is 0.761. The van der Waals surface area contributed by atoms with E-state index in [1.807, 2.05) is 29.2 Å². The first-order valence-corrected chi connectivity index (χ1v) is 7.62. The Kier molecular flexibility index (Phi) is 3.62. The van der Waals surface area contributed by atoms with Crippen LogP contribution in [0.25, 0.3) is 0 Å². The third-order valence-electron chi connectivity index (χ3n) is 3.77. The van der Waals surface area contributed by atoms with E-state index < -0.39 is 0 Å². The van der Waals surface area contributed by atoms with Gasteiger partial charge in [-0.25, -0.2) is 0 Å². The van der Waals surface area contributed by atoms with E-state index in [1.54, 1.807) is 0 Å². The molecule has 2 aromatic rings. The molecule has 0 N–H and O–H groups in total. The number of carbonyl (C=O) groups excluding carboxylic acids is 1. The van der Waals surface area contributed by atoms with Gasteiger partial charge in [-0.1, -0.05) is 30.3 Å². The third kappa shape index (κ3) is 2.27. The van der Waals surface area contributed by atoms with Crippen LogP contribution in [0.1, 0.15) is 27.9 Å². The zero-order valence-electron chi connectivity index (χ0n) is 11.4. The van der Waals surface area contributed by atoms with Gasteiger partial charge < -0.3 is 4.90 Å². The van der Waals surface area contributed by atoms with Crippen molar-refractivity contribution in [2.75, 3.05) is 11.4 Å². The lowest BCUT2D eigenvalue weighted by atomic mass is 9.97. The highest BCUT2D eigenvalue weighted by atomic mass is 79.9. The summed E-state index contributed by atoms with van der Waals surface area (Å²) in [7, 11) is 0. The number of amides is 1. The number of carbonyl (C=O) groups is 1. The molecule has 0 aliphatic carbocycles. The molecule has 0 saturated heterocycles. The van der Waals surface area contributed by atoms with E-state index in [0.29, 0.717) is 0 Å². The minimum atomic E-state index is 0.0766. The summed E-state index contributed by atoms with van der Waals surface area (Å²) in [5, 5.41) is 0. The third-order valence-corrected chi connectivity index (χ3v) is 4.46. The molecule has 0 radical (unpaired) electrons. The maximum Gasteiger partial charge on any atom is 0.259 e. The molecule has 0 aromatic heterocycles. The average molecular weight is 330 g/mol. The molecule has 20 heavy (non-hydrogen) atoms. The summed E-state index contributed by atoms with van der Waals surface area (Å²) in [6, 6.07) is 13.9. The fourth-order valence-electron chi connectivity index (χ4n) is 2.83. The van der Waals surface area contributed by atoms with Crippen LogP contribution in [-0.2, 0) is 6.42 Å². The molecular formula is C17H16BrNO. The number of halogens is 1. The maximum absolute atomic E-state index is 12.8. The van der Waals surface area contributed by atoms with E-state index in [1.165, 1.54) is 11.1 Å². The summed E-state index contributed by atoms with van der Waals surface area (Å²) < 4.78 is 0.853. The minimum Gasteiger partial charge on any atom is -0.308 e. The fraction of sp³-hybridized carbons (Fsp3) is 0.235. The number of aryl methyl sites for hydroxylation is 2. The first-order valence-electron chi connectivity index (χ1n) is 6.83. The average Bonchev–Trinajstić information content (AvgIpc) is 2.47. The highest BCUT2D eigenvalue weighted by Crippen LogP contribution is 2.32. The summed E-state index contributed by atoms with van der Waals surface area (Å²) in [5.74, 6) is 0.0766. The van der Waals surface area contributed by atoms with Crippen molar-refractivity contribution in [3.63, 3.8) is 0 Å². The van der Waals surface area contributed by atoms with E-state index in [9.17, 15) is 4.79 Å². The van der Waals surface area contributed by atoms with Crippen molar-refractivity contribution in [3.05, 3.63) is 63.6 Å². The summed E-state index contributed by atoms with van der Waals surface area (Å²) in [6.45, 7) is 2.86. The number of fused-ring (bicyclic) bond motifs is 1. The predicted octanol–water partition coefficient (Wildman–Crippen LogP) is 4.35. The van der Waals surface area contributed by atoms with Crippen LogP contribution in [0.4, 0.5) is 5.69 Å². The van der Waals surface area contributed by atoms with Crippen molar-refractivity contribution >= 4 is 27.5 Å². The second-order valence-corrected chi connectivity index (χ2v) is 5.98. The van der Waals surface area contributed by atoms with Gasteiger partial charge in [0.2, 0.25) is 0 Å². The van der Waals surface area contributed by atoms with Gasteiger partial charge in [-0.15, -0.1) is 0 Å². The molecule has 0 spiro atoms. The van der Waals surface area contributed by atoms with Gasteiger partial charge in [0.15, 0.2) is 0 Å². The van der Waals surface area contributed by atoms with E-state index in [4.69, 9.17) is 0 Å². The van der Waals surface area contributed by atoms with E-state index in [-0.39, 0.29) is 5.91 Å². The van der Waals surface area contributed by atoms with Crippen molar-refractivity contribution in [1.29, 1.82) is 0 Å². The van der Waals surface area contributed by atoms with Crippen molar-refractivity contribution in [3.8, 4) is 0 Å². The summed E-state index contributed by atoms with van der Waals surface area (Å²) in [4.78, 5) is 14.8. The first-order chi connectivity index (χ1) is 9.68. The molecule has 2 nitrogen and oxygen atoms in total. The monoisotopic (exact) mass is 329 g/mol. The van der Waals surface area contributed by atoms with Crippen molar-refractivity contribution in [2.45, 2.75) is 19.8 Å². The molecule has 0 atom stereocenters. The van der Waals surface area contributed by atoms with Gasteiger partial charge >= 0.3 is 0 Å². The Labute approximate surface area is 127 Å². The number of rotatable bonds is 1. The number of hydrogen-bond acceptors (Lipinski definition) is 1. The molecule has 2 aromatic carbocycles. The molecule has 0 unspecified atom stereocenters. The fourth-order valence-corrected chi connectivity index (χ4v) is 3.28. The molecule has 0 bridgehead atoms. The van der Waals surface area contributed by atoms with Crippen LogP contribution in [0.2, 0.25) is 0 Å². The summed E-state index contributed by atoms with van der Waals surface area (Å²) in [6.07, 6.45) is 2.07. The zero-order valence-corrected chi connectivity index (χ0v) is 13.0. The maximum atomic E-state index is 12.8. The van der Waals surface area contributed by atoms with Crippen LogP contribution < -0.4 is 4.90 Å². The first kappa shape index (κ1) is 13.4. The van der Waals surface area contributed by atoms with Crippen LogP contribution in [0.3, 0.4) is 0 Å².